The van der Waals surface area contributed by atoms with Gasteiger partial charge in [-0.2, -0.15) is 5.10 Å². The average Bonchev–Trinajstić information content (AvgIpc) is 2.48. The molecule has 0 saturated heterocycles. The first-order chi connectivity index (χ1) is 10.2. The van der Waals surface area contributed by atoms with Crippen LogP contribution < -0.4 is 14.9 Å². The van der Waals surface area contributed by atoms with E-state index < -0.39 is 0 Å². The number of benzene rings is 2. The van der Waals surface area contributed by atoms with E-state index in [-0.39, 0.29) is 0 Å². The summed E-state index contributed by atoms with van der Waals surface area (Å²) in [5.41, 5.74) is 4.38. The first-order valence-corrected chi connectivity index (χ1v) is 6.86. The van der Waals surface area contributed by atoms with Crippen molar-refractivity contribution in [2.24, 2.45) is 5.10 Å². The van der Waals surface area contributed by atoms with Crippen LogP contribution in [0.1, 0.15) is 5.56 Å². The molecule has 21 heavy (non-hydrogen) atoms. The molecule has 2 rings (SSSR count). The zero-order valence-corrected chi connectivity index (χ0v) is 13.1. The van der Waals surface area contributed by atoms with Crippen LogP contribution in [0.5, 0.6) is 11.5 Å². The standard InChI is InChI=1S/C15H14Cl2N2O2/c1-20-13-7-6-10(14(17)15(13)21-2)9-18-19-12-5-3-4-11(16)8-12/h3-9,19H,1-2H3. The molecule has 0 bridgehead atoms. The van der Waals surface area contributed by atoms with Crippen LogP contribution in [0.3, 0.4) is 0 Å². The largest absolute Gasteiger partial charge is 0.493 e. The fraction of sp³-hybridized carbons (Fsp3) is 0.133. The van der Waals surface area contributed by atoms with Gasteiger partial charge in [0.15, 0.2) is 11.5 Å². The van der Waals surface area contributed by atoms with Crippen LogP contribution >= 0.6 is 23.2 Å². The van der Waals surface area contributed by atoms with E-state index in [1.807, 2.05) is 12.1 Å². The van der Waals surface area contributed by atoms with Gasteiger partial charge in [0.05, 0.1) is 31.1 Å². The fourth-order valence-corrected chi connectivity index (χ4v) is 2.21. The van der Waals surface area contributed by atoms with Crippen LogP contribution in [0, 0.1) is 0 Å². The SMILES string of the molecule is COc1ccc(C=NNc2cccc(Cl)c2)c(Cl)c1OC. The topological polar surface area (TPSA) is 42.8 Å². The van der Waals surface area contributed by atoms with Crippen molar-refractivity contribution in [1.29, 1.82) is 0 Å². The van der Waals surface area contributed by atoms with E-state index in [9.17, 15) is 0 Å². The second-order valence-corrected chi connectivity index (χ2v) is 4.90. The molecule has 110 valence electrons. The number of rotatable bonds is 5. The lowest BCUT2D eigenvalue weighted by atomic mass is 10.2. The van der Waals surface area contributed by atoms with E-state index in [1.165, 1.54) is 7.11 Å². The molecule has 0 radical (unpaired) electrons. The van der Waals surface area contributed by atoms with Gasteiger partial charge in [-0.25, -0.2) is 0 Å². The Hall–Kier alpha value is -1.91. The summed E-state index contributed by atoms with van der Waals surface area (Å²) in [6, 6.07) is 10.8. The molecule has 0 aliphatic rings. The maximum Gasteiger partial charge on any atom is 0.180 e. The molecule has 0 amide bonds. The summed E-state index contributed by atoms with van der Waals surface area (Å²) in [6.45, 7) is 0. The van der Waals surface area contributed by atoms with E-state index in [0.29, 0.717) is 27.1 Å². The summed E-state index contributed by atoms with van der Waals surface area (Å²) >= 11 is 12.2. The van der Waals surface area contributed by atoms with Gasteiger partial charge in [0.2, 0.25) is 0 Å². The number of hydrogen-bond acceptors (Lipinski definition) is 4. The summed E-state index contributed by atoms with van der Waals surface area (Å²) < 4.78 is 10.4. The smallest absolute Gasteiger partial charge is 0.180 e. The number of anilines is 1. The lowest BCUT2D eigenvalue weighted by Gasteiger charge is -2.10. The van der Waals surface area contributed by atoms with E-state index in [0.717, 1.165) is 5.69 Å². The molecule has 0 fully saturated rings. The first kappa shape index (κ1) is 15.5. The number of nitrogens with zero attached hydrogens (tertiary/aromatic N) is 1. The van der Waals surface area contributed by atoms with Gasteiger partial charge in [0, 0.05) is 10.6 Å². The van der Waals surface area contributed by atoms with E-state index in [4.69, 9.17) is 32.7 Å². The third kappa shape index (κ3) is 3.80. The minimum Gasteiger partial charge on any atom is -0.493 e. The van der Waals surface area contributed by atoms with Crippen molar-refractivity contribution in [1.82, 2.24) is 0 Å². The molecule has 6 heteroatoms. The molecular weight excluding hydrogens is 311 g/mol. The van der Waals surface area contributed by atoms with Crippen LogP contribution in [-0.4, -0.2) is 20.4 Å². The Balaban J connectivity index is 2.18. The minimum absolute atomic E-state index is 0.438. The number of ether oxygens (including phenoxy) is 2. The molecule has 2 aromatic carbocycles. The van der Waals surface area contributed by atoms with Gasteiger partial charge >= 0.3 is 0 Å². The normalized spacial score (nSPS) is 10.7. The molecule has 0 unspecified atom stereocenters. The zero-order chi connectivity index (χ0) is 15.2. The highest BCUT2D eigenvalue weighted by Crippen LogP contribution is 2.36. The number of methoxy groups -OCH3 is 2. The third-order valence-corrected chi connectivity index (χ3v) is 3.36. The molecule has 2 aromatic rings. The number of nitrogens with one attached hydrogen (secondary N) is 1. The molecular formula is C15H14Cl2N2O2. The summed E-state index contributed by atoms with van der Waals surface area (Å²) in [4.78, 5) is 0. The van der Waals surface area contributed by atoms with E-state index in [1.54, 1.807) is 37.6 Å². The van der Waals surface area contributed by atoms with Crippen molar-refractivity contribution in [2.45, 2.75) is 0 Å². The highest BCUT2D eigenvalue weighted by atomic mass is 35.5. The van der Waals surface area contributed by atoms with Crippen molar-refractivity contribution >= 4 is 35.1 Å². The zero-order valence-electron chi connectivity index (χ0n) is 11.6. The van der Waals surface area contributed by atoms with Crippen molar-refractivity contribution in [3.05, 3.63) is 52.0 Å². The molecule has 0 heterocycles. The Labute approximate surface area is 133 Å². The van der Waals surface area contributed by atoms with Crippen LogP contribution in [0.4, 0.5) is 5.69 Å². The van der Waals surface area contributed by atoms with Crippen LogP contribution in [-0.2, 0) is 0 Å². The van der Waals surface area contributed by atoms with Gasteiger partial charge in [0.25, 0.3) is 0 Å². The van der Waals surface area contributed by atoms with Gasteiger partial charge < -0.3 is 9.47 Å². The highest BCUT2D eigenvalue weighted by Gasteiger charge is 2.11. The monoisotopic (exact) mass is 324 g/mol. The van der Waals surface area contributed by atoms with Gasteiger partial charge in [-0.1, -0.05) is 29.3 Å². The molecule has 1 N–H and O–H groups in total. The van der Waals surface area contributed by atoms with Crippen molar-refractivity contribution in [2.75, 3.05) is 19.6 Å². The molecule has 0 aliphatic carbocycles. The van der Waals surface area contributed by atoms with Crippen molar-refractivity contribution in [3.8, 4) is 11.5 Å². The van der Waals surface area contributed by atoms with Crippen LogP contribution in [0.2, 0.25) is 10.0 Å². The Morgan fingerprint density at radius 1 is 1.10 bits per heavy atom. The molecule has 0 aromatic heterocycles. The summed E-state index contributed by atoms with van der Waals surface area (Å²) in [5, 5.41) is 5.21. The maximum atomic E-state index is 6.25. The predicted octanol–water partition coefficient (Wildman–Crippen LogP) is 4.46. The second kappa shape index (κ2) is 7.20. The summed E-state index contributed by atoms with van der Waals surface area (Å²) in [7, 11) is 3.09. The molecule has 0 aliphatic heterocycles. The number of halogens is 2. The lowest BCUT2D eigenvalue weighted by molar-refractivity contribution is 0.355. The Morgan fingerprint density at radius 2 is 1.90 bits per heavy atom. The predicted molar refractivity (Wildman–Crippen MR) is 87.2 cm³/mol. The summed E-state index contributed by atoms with van der Waals surface area (Å²) in [6.07, 6.45) is 1.60. The van der Waals surface area contributed by atoms with Gasteiger partial charge in [-0.3, -0.25) is 5.43 Å². The second-order valence-electron chi connectivity index (χ2n) is 4.08. The van der Waals surface area contributed by atoms with E-state index in [2.05, 4.69) is 10.5 Å². The molecule has 0 saturated carbocycles. The molecule has 4 nitrogen and oxygen atoms in total. The minimum atomic E-state index is 0.438. The van der Waals surface area contributed by atoms with Crippen molar-refractivity contribution in [3.63, 3.8) is 0 Å². The number of hydrazone groups is 1. The van der Waals surface area contributed by atoms with Crippen molar-refractivity contribution < 1.29 is 9.47 Å². The van der Waals surface area contributed by atoms with Gasteiger partial charge in [-0.15, -0.1) is 0 Å². The quantitative estimate of drug-likeness (QED) is 0.652. The average molecular weight is 325 g/mol. The third-order valence-electron chi connectivity index (χ3n) is 2.74. The fourth-order valence-electron chi connectivity index (χ4n) is 1.74. The van der Waals surface area contributed by atoms with Gasteiger partial charge in [-0.05, 0) is 30.3 Å². The maximum absolute atomic E-state index is 6.25. The van der Waals surface area contributed by atoms with Crippen LogP contribution in [0.15, 0.2) is 41.5 Å². The van der Waals surface area contributed by atoms with Crippen LogP contribution in [0.25, 0.3) is 0 Å². The van der Waals surface area contributed by atoms with Gasteiger partial charge in [0.1, 0.15) is 0 Å². The summed E-state index contributed by atoms with van der Waals surface area (Å²) in [5.74, 6) is 1.05. The lowest BCUT2D eigenvalue weighted by Crippen LogP contribution is -1.96. The first-order valence-electron chi connectivity index (χ1n) is 6.11. The Kier molecular flexibility index (Phi) is 5.31. The molecule has 0 spiro atoms. The Bertz CT molecular complexity index is 660. The van der Waals surface area contributed by atoms with E-state index >= 15 is 0 Å². The number of hydrogen-bond donors (Lipinski definition) is 1. The highest BCUT2D eigenvalue weighted by molar-refractivity contribution is 6.34. The molecule has 0 atom stereocenters. The Morgan fingerprint density at radius 3 is 2.57 bits per heavy atom.